The van der Waals surface area contributed by atoms with Crippen LogP contribution in [-0.4, -0.2) is 16.5 Å². The lowest BCUT2D eigenvalue weighted by atomic mass is 10.1. The molecule has 1 heterocycles. The molecule has 1 rings (SSSR count). The van der Waals surface area contributed by atoms with Gasteiger partial charge in [-0.05, 0) is 12.5 Å². The van der Waals surface area contributed by atoms with Crippen LogP contribution in [0.25, 0.3) is 4.85 Å². The van der Waals surface area contributed by atoms with Gasteiger partial charge in [-0.25, -0.2) is 11.6 Å². The largest absolute Gasteiger partial charge is 0.481 e. The summed E-state index contributed by atoms with van der Waals surface area (Å²) in [5.41, 5.74) is 1.99. The maximum Gasteiger partial charge on any atom is 0.241 e. The van der Waals surface area contributed by atoms with Gasteiger partial charge < -0.3 is 9.58 Å². The van der Waals surface area contributed by atoms with E-state index in [0.29, 0.717) is 12.4 Å². The molecule has 0 aromatic carbocycles. The van der Waals surface area contributed by atoms with Gasteiger partial charge in [0.25, 0.3) is 0 Å². The summed E-state index contributed by atoms with van der Waals surface area (Å²) in [5.74, 6) is 0.624. The number of hydrogen-bond acceptors (Lipinski definition) is 2. The molecule has 0 saturated carbocycles. The zero-order chi connectivity index (χ0) is 10.4. The van der Waals surface area contributed by atoms with Crippen LogP contribution in [0.3, 0.4) is 0 Å². The van der Waals surface area contributed by atoms with Gasteiger partial charge in [0.05, 0.1) is 18.4 Å². The van der Waals surface area contributed by atoms with Crippen LogP contribution in [0.4, 0.5) is 0 Å². The lowest BCUT2D eigenvalue weighted by Gasteiger charge is -2.04. The van der Waals surface area contributed by atoms with Crippen molar-refractivity contribution in [3.8, 4) is 5.88 Å². The van der Waals surface area contributed by atoms with Gasteiger partial charge in [-0.3, -0.25) is 0 Å². The van der Waals surface area contributed by atoms with Crippen molar-refractivity contribution in [2.75, 3.05) is 11.5 Å². The minimum absolute atomic E-state index is 0.406. The zero-order valence-corrected chi connectivity index (χ0v) is 10.1. The summed E-state index contributed by atoms with van der Waals surface area (Å²) in [7, 11) is 1.60. The van der Waals surface area contributed by atoms with E-state index in [9.17, 15) is 0 Å². The summed E-state index contributed by atoms with van der Waals surface area (Å²) in [6.45, 7) is 7.24. The van der Waals surface area contributed by atoms with Crippen LogP contribution in [-0.2, 0) is 13.0 Å². The molecular formula is C10H11IN2O. The Kier molecular flexibility index (Phi) is 4.66. The van der Waals surface area contributed by atoms with E-state index in [1.165, 1.54) is 0 Å². The van der Waals surface area contributed by atoms with Crippen LogP contribution in [0.2, 0.25) is 0 Å². The predicted octanol–water partition coefficient (Wildman–Crippen LogP) is 2.49. The summed E-state index contributed by atoms with van der Waals surface area (Å²) in [6.07, 6.45) is 0.891. The number of rotatable bonds is 4. The van der Waals surface area contributed by atoms with E-state index in [1.54, 1.807) is 13.2 Å². The molecule has 14 heavy (non-hydrogen) atoms. The van der Waals surface area contributed by atoms with E-state index in [-0.39, 0.29) is 0 Å². The van der Waals surface area contributed by atoms with Crippen LogP contribution >= 0.6 is 22.6 Å². The van der Waals surface area contributed by atoms with E-state index in [2.05, 4.69) is 32.4 Å². The minimum atomic E-state index is 0.406. The Bertz CT molecular complexity index is 346. The normalized spacial score (nSPS) is 9.50. The highest BCUT2D eigenvalue weighted by molar-refractivity contribution is 14.1. The monoisotopic (exact) mass is 302 g/mol. The highest BCUT2D eigenvalue weighted by Gasteiger charge is 2.07. The molecule has 1 aromatic heterocycles. The van der Waals surface area contributed by atoms with Gasteiger partial charge in [-0.15, -0.1) is 0 Å². The molecule has 0 bridgehead atoms. The summed E-state index contributed by atoms with van der Waals surface area (Å²) in [5, 5.41) is 0. The van der Waals surface area contributed by atoms with Crippen molar-refractivity contribution in [3.05, 3.63) is 34.8 Å². The Morgan fingerprint density at radius 3 is 2.93 bits per heavy atom. The van der Waals surface area contributed by atoms with E-state index in [4.69, 9.17) is 11.3 Å². The van der Waals surface area contributed by atoms with Crippen LogP contribution in [0.5, 0.6) is 5.88 Å². The fraction of sp³-hybridized carbons (Fsp3) is 0.400. The summed E-state index contributed by atoms with van der Waals surface area (Å²) < 4.78 is 6.05. The highest BCUT2D eigenvalue weighted by atomic mass is 127. The third-order valence-electron chi connectivity index (χ3n) is 1.83. The molecule has 1 aromatic rings. The van der Waals surface area contributed by atoms with Gasteiger partial charge >= 0.3 is 0 Å². The zero-order valence-electron chi connectivity index (χ0n) is 7.96. The number of methoxy groups -OCH3 is 1. The SMILES string of the molecule is [C-]#[N+]Cc1ccc(OC)nc1CCI. The van der Waals surface area contributed by atoms with Gasteiger partial charge in [0, 0.05) is 10.5 Å². The molecule has 0 amide bonds. The molecule has 0 unspecified atom stereocenters. The number of aromatic nitrogens is 1. The molecule has 0 radical (unpaired) electrons. The quantitative estimate of drug-likeness (QED) is 0.485. The van der Waals surface area contributed by atoms with Crippen molar-refractivity contribution in [1.29, 1.82) is 0 Å². The Labute approximate surface area is 97.5 Å². The number of nitrogens with zero attached hydrogens (tertiary/aromatic N) is 2. The fourth-order valence-electron chi connectivity index (χ4n) is 1.16. The maximum atomic E-state index is 6.83. The van der Waals surface area contributed by atoms with Crippen molar-refractivity contribution in [1.82, 2.24) is 4.98 Å². The van der Waals surface area contributed by atoms with E-state index in [1.807, 2.05) is 6.07 Å². The standard InChI is InChI=1S/C10H11IN2O/c1-12-7-8-3-4-10(14-2)13-9(8)5-6-11/h3-4H,5-7H2,2H3. The van der Waals surface area contributed by atoms with Crippen LogP contribution in [0.1, 0.15) is 11.3 Å². The minimum Gasteiger partial charge on any atom is -0.481 e. The molecule has 4 heteroatoms. The molecule has 0 saturated heterocycles. The Morgan fingerprint density at radius 2 is 2.36 bits per heavy atom. The van der Waals surface area contributed by atoms with Crippen LogP contribution in [0.15, 0.2) is 12.1 Å². The second-order valence-electron chi connectivity index (χ2n) is 2.71. The second kappa shape index (κ2) is 5.81. The average Bonchev–Trinajstić information content (AvgIpc) is 2.21. The predicted molar refractivity (Wildman–Crippen MR) is 63.7 cm³/mol. The van der Waals surface area contributed by atoms with Crippen molar-refractivity contribution in [3.63, 3.8) is 0 Å². The van der Waals surface area contributed by atoms with Crippen molar-refractivity contribution in [2.45, 2.75) is 13.0 Å². The third-order valence-corrected chi connectivity index (χ3v) is 2.37. The van der Waals surface area contributed by atoms with Gasteiger partial charge in [0.1, 0.15) is 0 Å². The Balaban J connectivity index is 2.98. The number of aryl methyl sites for hydroxylation is 1. The fourth-order valence-corrected chi connectivity index (χ4v) is 1.67. The first-order chi connectivity index (χ1) is 6.81. The molecule has 0 atom stereocenters. The van der Waals surface area contributed by atoms with Crippen molar-refractivity contribution in [2.24, 2.45) is 0 Å². The molecule has 3 nitrogen and oxygen atoms in total. The molecule has 0 aliphatic carbocycles. The van der Waals surface area contributed by atoms with Crippen LogP contribution < -0.4 is 4.74 Å². The first-order valence-electron chi connectivity index (χ1n) is 4.23. The van der Waals surface area contributed by atoms with Gasteiger partial charge in [-0.2, -0.15) is 0 Å². The maximum absolute atomic E-state index is 6.83. The van der Waals surface area contributed by atoms with Crippen LogP contribution in [0, 0.1) is 6.57 Å². The van der Waals surface area contributed by atoms with Crippen molar-refractivity contribution < 1.29 is 4.74 Å². The first kappa shape index (κ1) is 11.2. The van der Waals surface area contributed by atoms with E-state index < -0.39 is 0 Å². The summed E-state index contributed by atoms with van der Waals surface area (Å²) >= 11 is 2.30. The molecule has 0 spiro atoms. The lowest BCUT2D eigenvalue weighted by Crippen LogP contribution is -1.99. The summed E-state index contributed by atoms with van der Waals surface area (Å²) in [6, 6.07) is 3.72. The molecule has 0 fully saturated rings. The molecule has 0 aliphatic rings. The van der Waals surface area contributed by atoms with E-state index in [0.717, 1.165) is 22.1 Å². The average molecular weight is 302 g/mol. The smallest absolute Gasteiger partial charge is 0.241 e. The molecular weight excluding hydrogens is 291 g/mol. The molecule has 0 N–H and O–H groups in total. The molecule has 74 valence electrons. The van der Waals surface area contributed by atoms with Gasteiger partial charge in [0.15, 0.2) is 0 Å². The van der Waals surface area contributed by atoms with Crippen molar-refractivity contribution >= 4 is 22.6 Å². The van der Waals surface area contributed by atoms with E-state index >= 15 is 0 Å². The van der Waals surface area contributed by atoms with Gasteiger partial charge in [0.2, 0.25) is 12.4 Å². The number of ether oxygens (including phenoxy) is 1. The molecule has 0 aliphatic heterocycles. The summed E-state index contributed by atoms with van der Waals surface area (Å²) in [4.78, 5) is 7.70. The van der Waals surface area contributed by atoms with Gasteiger partial charge in [-0.1, -0.05) is 22.6 Å². The Morgan fingerprint density at radius 1 is 1.57 bits per heavy atom. The Hall–Kier alpha value is -0.830. The number of halogens is 1. The number of hydrogen-bond donors (Lipinski definition) is 0. The third kappa shape index (κ3) is 2.84. The number of alkyl halides is 1. The highest BCUT2D eigenvalue weighted by Crippen LogP contribution is 2.15. The lowest BCUT2D eigenvalue weighted by molar-refractivity contribution is 0.396. The first-order valence-corrected chi connectivity index (χ1v) is 5.76. The second-order valence-corrected chi connectivity index (χ2v) is 3.79. The number of pyridine rings is 1. The topological polar surface area (TPSA) is 26.5 Å².